The Morgan fingerprint density at radius 3 is 2.67 bits per heavy atom. The lowest BCUT2D eigenvalue weighted by atomic mass is 10.2. The van der Waals surface area contributed by atoms with Crippen LogP contribution in [0.3, 0.4) is 0 Å². The Kier molecular flexibility index (Phi) is 5.02. The molecule has 1 fully saturated rings. The summed E-state index contributed by atoms with van der Waals surface area (Å²) in [6.07, 6.45) is 1.68. The Bertz CT molecular complexity index is 672. The lowest BCUT2D eigenvalue weighted by Gasteiger charge is -2.10. The van der Waals surface area contributed by atoms with Crippen LogP contribution in [-0.2, 0) is 9.59 Å². The van der Waals surface area contributed by atoms with Gasteiger partial charge in [0, 0.05) is 11.4 Å². The zero-order valence-corrected chi connectivity index (χ0v) is 14.3. The van der Waals surface area contributed by atoms with Gasteiger partial charge in [0.2, 0.25) is 0 Å². The van der Waals surface area contributed by atoms with Gasteiger partial charge in [0.05, 0.1) is 12.0 Å². The highest BCUT2D eigenvalue weighted by atomic mass is 79.9. The maximum atomic E-state index is 11.7. The summed E-state index contributed by atoms with van der Waals surface area (Å²) in [7, 11) is 1.47. The van der Waals surface area contributed by atoms with E-state index in [2.05, 4.69) is 21.2 Å². The van der Waals surface area contributed by atoms with E-state index in [4.69, 9.17) is 21.7 Å². The van der Waals surface area contributed by atoms with Gasteiger partial charge in [0.25, 0.3) is 5.91 Å². The van der Waals surface area contributed by atoms with Crippen LogP contribution in [0.5, 0.6) is 11.5 Å². The first-order valence-electron chi connectivity index (χ1n) is 5.71. The topological polar surface area (TPSA) is 64.6 Å². The molecule has 5 nitrogen and oxygen atoms in total. The molecule has 8 heteroatoms. The Morgan fingerprint density at radius 1 is 1.43 bits per heavy atom. The molecule has 2 rings (SSSR count). The molecule has 0 aromatic heterocycles. The Labute approximate surface area is 139 Å². The molecule has 0 atom stereocenters. The molecule has 0 spiro atoms. The highest BCUT2D eigenvalue weighted by Gasteiger charge is 2.22. The number of benzene rings is 1. The van der Waals surface area contributed by atoms with Crippen molar-refractivity contribution in [3.63, 3.8) is 0 Å². The van der Waals surface area contributed by atoms with Crippen molar-refractivity contribution in [2.45, 2.75) is 6.92 Å². The minimum atomic E-state index is -0.442. The second kappa shape index (κ2) is 6.59. The van der Waals surface area contributed by atoms with Gasteiger partial charge in [-0.25, -0.2) is 0 Å². The number of hydrogen-bond acceptors (Lipinski definition) is 6. The number of carbonyl (C=O) groups excluding carboxylic acids is 2. The molecule has 0 saturated carbocycles. The van der Waals surface area contributed by atoms with Crippen molar-refractivity contribution < 1.29 is 19.1 Å². The second-order valence-corrected chi connectivity index (χ2v) is 6.54. The number of thioether (sulfide) groups is 1. The number of thiocarbonyl (C=S) groups is 1. The molecule has 0 radical (unpaired) electrons. The summed E-state index contributed by atoms with van der Waals surface area (Å²) in [6, 6.07) is 3.28. The average molecular weight is 388 g/mol. The zero-order valence-electron chi connectivity index (χ0n) is 11.1. The minimum absolute atomic E-state index is 0.236. The summed E-state index contributed by atoms with van der Waals surface area (Å²) in [5.74, 6) is 0.0200. The van der Waals surface area contributed by atoms with E-state index in [-0.39, 0.29) is 5.91 Å². The van der Waals surface area contributed by atoms with E-state index >= 15 is 0 Å². The first-order valence-corrected chi connectivity index (χ1v) is 7.73. The van der Waals surface area contributed by atoms with E-state index in [1.165, 1.54) is 25.8 Å². The highest BCUT2D eigenvalue weighted by molar-refractivity contribution is 9.10. The average Bonchev–Trinajstić information content (AvgIpc) is 2.70. The maximum Gasteiger partial charge on any atom is 0.308 e. The molecule has 0 aliphatic carbocycles. The first kappa shape index (κ1) is 16.0. The number of ether oxygens (including phenoxy) is 2. The van der Waals surface area contributed by atoms with Crippen molar-refractivity contribution in [2.75, 3.05) is 7.11 Å². The molecule has 1 heterocycles. The summed E-state index contributed by atoms with van der Waals surface area (Å²) in [6.45, 7) is 1.31. The van der Waals surface area contributed by atoms with Crippen LogP contribution in [-0.4, -0.2) is 23.3 Å². The number of halogens is 1. The van der Waals surface area contributed by atoms with Crippen LogP contribution in [0.15, 0.2) is 21.5 Å². The van der Waals surface area contributed by atoms with Crippen molar-refractivity contribution in [1.29, 1.82) is 0 Å². The van der Waals surface area contributed by atoms with Gasteiger partial charge < -0.3 is 14.8 Å². The van der Waals surface area contributed by atoms with Gasteiger partial charge in [0.15, 0.2) is 11.5 Å². The molecule has 1 aliphatic rings. The van der Waals surface area contributed by atoms with Crippen molar-refractivity contribution in [2.24, 2.45) is 0 Å². The van der Waals surface area contributed by atoms with E-state index in [0.717, 1.165) is 0 Å². The summed E-state index contributed by atoms with van der Waals surface area (Å²) in [5, 5.41) is 2.54. The third-order valence-electron chi connectivity index (χ3n) is 2.47. The van der Waals surface area contributed by atoms with Crippen LogP contribution in [0.4, 0.5) is 0 Å². The van der Waals surface area contributed by atoms with Gasteiger partial charge in [-0.05, 0) is 23.8 Å². The quantitative estimate of drug-likeness (QED) is 0.372. The lowest BCUT2D eigenvalue weighted by Crippen LogP contribution is -2.17. The lowest BCUT2D eigenvalue weighted by molar-refractivity contribution is -0.132. The normalized spacial score (nSPS) is 16.0. The largest absolute Gasteiger partial charge is 0.493 e. The summed E-state index contributed by atoms with van der Waals surface area (Å²) in [5.41, 5.74) is 0.713. The molecule has 110 valence electrons. The Hall–Kier alpha value is -1.38. The third kappa shape index (κ3) is 3.84. The van der Waals surface area contributed by atoms with Crippen LogP contribution < -0.4 is 14.8 Å². The van der Waals surface area contributed by atoms with Crippen LogP contribution in [0.1, 0.15) is 12.5 Å². The summed E-state index contributed by atoms with van der Waals surface area (Å²) >= 11 is 9.50. The maximum absolute atomic E-state index is 11.7. The number of amides is 1. The molecule has 0 bridgehead atoms. The zero-order chi connectivity index (χ0) is 15.6. The SMILES string of the molecule is COc1cc(/C=C2\SC(=S)NC2=O)c(Br)cc1OC(C)=O. The molecule has 0 unspecified atom stereocenters. The molecular formula is C13H10BrNO4S2. The van der Waals surface area contributed by atoms with Crippen LogP contribution >= 0.6 is 39.9 Å². The first-order chi connectivity index (χ1) is 9.90. The fraction of sp³-hybridized carbons (Fsp3) is 0.154. The smallest absolute Gasteiger partial charge is 0.308 e. The number of esters is 1. The van der Waals surface area contributed by atoms with Crippen molar-refractivity contribution in [3.8, 4) is 11.5 Å². The monoisotopic (exact) mass is 387 g/mol. The Morgan fingerprint density at radius 2 is 2.14 bits per heavy atom. The van der Waals surface area contributed by atoms with Gasteiger partial charge in [-0.1, -0.05) is 39.9 Å². The second-order valence-electron chi connectivity index (χ2n) is 3.97. The van der Waals surface area contributed by atoms with Gasteiger partial charge in [-0.15, -0.1) is 0 Å². The van der Waals surface area contributed by atoms with E-state index in [1.54, 1.807) is 18.2 Å². The van der Waals surface area contributed by atoms with Gasteiger partial charge in [-0.3, -0.25) is 9.59 Å². The van der Waals surface area contributed by atoms with E-state index in [1.807, 2.05) is 0 Å². The number of hydrogen-bond donors (Lipinski definition) is 1. The standard InChI is InChI=1S/C13H10BrNO4S2/c1-6(16)19-10-5-8(14)7(3-9(10)18-2)4-11-12(17)15-13(20)21-11/h3-5H,1-2H3,(H,15,17,20)/b11-4-. The van der Waals surface area contributed by atoms with E-state index in [0.29, 0.717) is 30.8 Å². The number of methoxy groups -OCH3 is 1. The van der Waals surface area contributed by atoms with Crippen LogP contribution in [0.25, 0.3) is 6.08 Å². The molecule has 1 saturated heterocycles. The van der Waals surface area contributed by atoms with Gasteiger partial charge in [0.1, 0.15) is 4.32 Å². The number of rotatable bonds is 3. The molecule has 21 heavy (non-hydrogen) atoms. The minimum Gasteiger partial charge on any atom is -0.493 e. The molecule has 1 aliphatic heterocycles. The van der Waals surface area contributed by atoms with Crippen molar-refractivity contribution >= 4 is 62.2 Å². The molecule has 1 N–H and O–H groups in total. The van der Waals surface area contributed by atoms with Gasteiger partial charge in [-0.2, -0.15) is 0 Å². The summed E-state index contributed by atoms with van der Waals surface area (Å²) < 4.78 is 11.3. The van der Waals surface area contributed by atoms with Crippen LogP contribution in [0.2, 0.25) is 0 Å². The van der Waals surface area contributed by atoms with Crippen molar-refractivity contribution in [1.82, 2.24) is 5.32 Å². The Balaban J connectivity index is 2.41. The molecular weight excluding hydrogens is 378 g/mol. The number of nitrogens with one attached hydrogen (secondary N) is 1. The molecule has 1 aromatic carbocycles. The number of carbonyl (C=O) groups is 2. The fourth-order valence-corrected chi connectivity index (χ4v) is 3.09. The predicted octanol–water partition coefficient (Wildman–Crippen LogP) is 2.87. The predicted molar refractivity (Wildman–Crippen MR) is 88.3 cm³/mol. The molecule has 1 amide bonds. The van der Waals surface area contributed by atoms with Crippen LogP contribution in [0, 0.1) is 0 Å². The third-order valence-corrected chi connectivity index (χ3v) is 4.31. The van der Waals surface area contributed by atoms with Gasteiger partial charge >= 0.3 is 5.97 Å². The molecule has 1 aromatic rings. The van der Waals surface area contributed by atoms with E-state index < -0.39 is 5.97 Å². The fourth-order valence-electron chi connectivity index (χ4n) is 1.62. The van der Waals surface area contributed by atoms with E-state index in [9.17, 15) is 9.59 Å². The van der Waals surface area contributed by atoms with Crippen molar-refractivity contribution in [3.05, 3.63) is 27.1 Å². The highest BCUT2D eigenvalue weighted by Crippen LogP contribution is 2.36. The summed E-state index contributed by atoms with van der Waals surface area (Å²) in [4.78, 5) is 23.2.